The summed E-state index contributed by atoms with van der Waals surface area (Å²) in [5, 5.41) is 28.3. The van der Waals surface area contributed by atoms with Gasteiger partial charge >= 0.3 is 5.69 Å². The number of nitrogens with zero attached hydrogens (tertiary/aromatic N) is 1. The Morgan fingerprint density at radius 1 is 1.47 bits per heavy atom. The van der Waals surface area contributed by atoms with Crippen molar-refractivity contribution in [2.45, 2.75) is 5.75 Å². The molecule has 2 N–H and O–H groups in total. The third kappa shape index (κ3) is 3.41. The van der Waals surface area contributed by atoms with Crippen LogP contribution in [0.1, 0.15) is 5.56 Å². The predicted octanol–water partition coefficient (Wildman–Crippen LogP) is 1.53. The van der Waals surface area contributed by atoms with E-state index in [1.807, 2.05) is 0 Å². The third-order valence-electron chi connectivity index (χ3n) is 1.74. The molecule has 82 valence electrons. The van der Waals surface area contributed by atoms with Gasteiger partial charge in [0.05, 0.1) is 11.5 Å². The maximum atomic E-state index is 10.4. The van der Waals surface area contributed by atoms with Gasteiger partial charge in [-0.15, -0.1) is 0 Å². The fraction of sp³-hybridized carbons (Fsp3) is 0.333. The highest BCUT2D eigenvalue weighted by molar-refractivity contribution is 7.98. The van der Waals surface area contributed by atoms with Gasteiger partial charge in [-0.3, -0.25) is 10.1 Å². The summed E-state index contributed by atoms with van der Waals surface area (Å²) in [5.41, 5.74) is 0.516. The van der Waals surface area contributed by atoms with E-state index in [4.69, 9.17) is 5.11 Å². The monoisotopic (exact) mass is 229 g/mol. The number of nitro benzene ring substituents is 1. The second-order valence-electron chi connectivity index (χ2n) is 2.86. The molecule has 0 spiro atoms. The molecule has 0 amide bonds. The summed E-state index contributed by atoms with van der Waals surface area (Å²) in [7, 11) is 0. The molecule has 0 heterocycles. The first kappa shape index (κ1) is 11.8. The number of aliphatic hydroxyl groups is 1. The number of aliphatic hydroxyl groups excluding tert-OH is 1. The lowest BCUT2D eigenvalue weighted by Gasteiger charge is -2.01. The molecular formula is C9H11NO4S. The lowest BCUT2D eigenvalue weighted by Crippen LogP contribution is -1.91. The number of rotatable bonds is 5. The normalized spacial score (nSPS) is 10.2. The van der Waals surface area contributed by atoms with Crippen molar-refractivity contribution in [3.8, 4) is 5.75 Å². The molecular weight excluding hydrogens is 218 g/mol. The van der Waals surface area contributed by atoms with Crippen molar-refractivity contribution >= 4 is 17.4 Å². The molecule has 0 radical (unpaired) electrons. The molecule has 1 rings (SSSR count). The van der Waals surface area contributed by atoms with Crippen molar-refractivity contribution in [3.63, 3.8) is 0 Å². The summed E-state index contributed by atoms with van der Waals surface area (Å²) in [4.78, 5) is 9.78. The van der Waals surface area contributed by atoms with E-state index in [9.17, 15) is 15.2 Å². The maximum absolute atomic E-state index is 10.4. The Morgan fingerprint density at radius 3 is 2.73 bits per heavy atom. The topological polar surface area (TPSA) is 83.6 Å². The average Bonchev–Trinajstić information content (AvgIpc) is 2.17. The highest BCUT2D eigenvalue weighted by Crippen LogP contribution is 2.27. The number of nitro groups is 1. The predicted molar refractivity (Wildman–Crippen MR) is 58.0 cm³/mol. The van der Waals surface area contributed by atoms with Crippen LogP contribution in [0.15, 0.2) is 18.2 Å². The Balaban J connectivity index is 2.69. The van der Waals surface area contributed by atoms with Crippen LogP contribution < -0.4 is 0 Å². The molecule has 0 unspecified atom stereocenters. The van der Waals surface area contributed by atoms with Crippen LogP contribution in [0.25, 0.3) is 0 Å². The molecule has 0 aliphatic heterocycles. The molecule has 6 heteroatoms. The molecule has 0 atom stereocenters. The standard InChI is InChI=1S/C9H11NO4S/c11-3-4-15-6-7-1-2-8(10(13)14)9(12)5-7/h1-2,5,11-12H,3-4,6H2. The number of benzene rings is 1. The summed E-state index contributed by atoms with van der Waals surface area (Å²) in [6, 6.07) is 4.26. The number of phenols is 1. The van der Waals surface area contributed by atoms with Gasteiger partial charge in [0.1, 0.15) is 0 Å². The lowest BCUT2D eigenvalue weighted by atomic mass is 10.2. The van der Waals surface area contributed by atoms with Crippen molar-refractivity contribution in [1.29, 1.82) is 0 Å². The largest absolute Gasteiger partial charge is 0.502 e. The molecule has 5 nitrogen and oxygen atoms in total. The first-order valence-electron chi connectivity index (χ1n) is 4.30. The number of hydrogen-bond acceptors (Lipinski definition) is 5. The molecule has 0 saturated carbocycles. The van der Waals surface area contributed by atoms with Crippen molar-refractivity contribution in [2.24, 2.45) is 0 Å². The van der Waals surface area contributed by atoms with Crippen molar-refractivity contribution < 1.29 is 15.1 Å². The van der Waals surface area contributed by atoms with Crippen LogP contribution in [0.5, 0.6) is 5.75 Å². The van der Waals surface area contributed by atoms with Crippen LogP contribution in [-0.4, -0.2) is 27.5 Å². The van der Waals surface area contributed by atoms with Crippen LogP contribution in [0.3, 0.4) is 0 Å². The first-order chi connectivity index (χ1) is 7.15. The Labute approximate surface area is 90.9 Å². The highest BCUT2D eigenvalue weighted by Gasteiger charge is 2.12. The molecule has 0 fully saturated rings. The zero-order valence-corrected chi connectivity index (χ0v) is 8.74. The number of phenolic OH excluding ortho intramolecular Hbond substituents is 1. The van der Waals surface area contributed by atoms with E-state index < -0.39 is 4.92 Å². The summed E-state index contributed by atoms with van der Waals surface area (Å²) in [6.45, 7) is 0.101. The van der Waals surface area contributed by atoms with Crippen molar-refractivity contribution in [3.05, 3.63) is 33.9 Å². The molecule has 0 aliphatic rings. The van der Waals surface area contributed by atoms with Crippen LogP contribution >= 0.6 is 11.8 Å². The van der Waals surface area contributed by atoms with Gasteiger partial charge in [0, 0.05) is 17.6 Å². The minimum absolute atomic E-state index is 0.101. The van der Waals surface area contributed by atoms with Gasteiger partial charge in [-0.25, -0.2) is 0 Å². The van der Waals surface area contributed by atoms with E-state index in [2.05, 4.69) is 0 Å². The highest BCUT2D eigenvalue weighted by atomic mass is 32.2. The lowest BCUT2D eigenvalue weighted by molar-refractivity contribution is -0.385. The van der Waals surface area contributed by atoms with Crippen LogP contribution in [-0.2, 0) is 5.75 Å². The fourth-order valence-electron chi connectivity index (χ4n) is 1.07. The summed E-state index contributed by atoms with van der Waals surface area (Å²) in [6.07, 6.45) is 0. The minimum atomic E-state index is -0.625. The molecule has 1 aromatic rings. The Bertz CT molecular complexity index is 356. The van der Waals surface area contributed by atoms with E-state index in [1.165, 1.54) is 23.9 Å². The number of aromatic hydroxyl groups is 1. The van der Waals surface area contributed by atoms with Gasteiger partial charge in [-0.05, 0) is 11.6 Å². The maximum Gasteiger partial charge on any atom is 0.310 e. The third-order valence-corrected chi connectivity index (χ3v) is 2.75. The van der Waals surface area contributed by atoms with Gasteiger partial charge in [0.25, 0.3) is 0 Å². The zero-order valence-electron chi connectivity index (χ0n) is 7.92. The minimum Gasteiger partial charge on any atom is -0.502 e. The number of thioether (sulfide) groups is 1. The second-order valence-corrected chi connectivity index (χ2v) is 3.96. The molecule has 0 bridgehead atoms. The smallest absolute Gasteiger partial charge is 0.310 e. The van der Waals surface area contributed by atoms with Gasteiger partial charge in [0.15, 0.2) is 5.75 Å². The fourth-order valence-corrected chi connectivity index (χ4v) is 1.76. The Kier molecular flexibility index (Phi) is 4.38. The van der Waals surface area contributed by atoms with Crippen molar-refractivity contribution in [1.82, 2.24) is 0 Å². The van der Waals surface area contributed by atoms with E-state index >= 15 is 0 Å². The molecule has 0 saturated heterocycles. The molecule has 15 heavy (non-hydrogen) atoms. The van der Waals surface area contributed by atoms with Gasteiger partial charge in [0.2, 0.25) is 0 Å². The number of hydrogen-bond donors (Lipinski definition) is 2. The van der Waals surface area contributed by atoms with Gasteiger partial charge < -0.3 is 10.2 Å². The van der Waals surface area contributed by atoms with Crippen LogP contribution in [0, 0.1) is 10.1 Å². The molecule has 0 aromatic heterocycles. The average molecular weight is 229 g/mol. The molecule has 1 aromatic carbocycles. The van der Waals surface area contributed by atoms with Crippen LogP contribution in [0.4, 0.5) is 5.69 Å². The molecule has 0 aliphatic carbocycles. The quantitative estimate of drug-likeness (QED) is 0.454. The summed E-state index contributed by atoms with van der Waals surface area (Å²) >= 11 is 1.50. The van der Waals surface area contributed by atoms with E-state index in [1.54, 1.807) is 6.07 Å². The van der Waals surface area contributed by atoms with E-state index in [-0.39, 0.29) is 18.0 Å². The first-order valence-corrected chi connectivity index (χ1v) is 5.45. The summed E-state index contributed by atoms with van der Waals surface area (Å²) < 4.78 is 0. The Hall–Kier alpha value is -1.27. The van der Waals surface area contributed by atoms with Crippen LogP contribution in [0.2, 0.25) is 0 Å². The zero-order chi connectivity index (χ0) is 11.3. The van der Waals surface area contributed by atoms with Gasteiger partial charge in [-0.1, -0.05) is 6.07 Å². The second kappa shape index (κ2) is 5.57. The summed E-state index contributed by atoms with van der Waals surface area (Å²) in [5.74, 6) is 0.909. The Morgan fingerprint density at radius 2 is 2.20 bits per heavy atom. The van der Waals surface area contributed by atoms with E-state index in [0.29, 0.717) is 11.5 Å². The van der Waals surface area contributed by atoms with Crippen molar-refractivity contribution in [2.75, 3.05) is 12.4 Å². The van der Waals surface area contributed by atoms with E-state index in [0.717, 1.165) is 5.56 Å². The SMILES string of the molecule is O=[N+]([O-])c1ccc(CSCCO)cc1O. The van der Waals surface area contributed by atoms with Gasteiger partial charge in [-0.2, -0.15) is 11.8 Å².